The predicted molar refractivity (Wildman–Crippen MR) is 115 cm³/mol. The van der Waals surface area contributed by atoms with E-state index in [9.17, 15) is 14.9 Å². The van der Waals surface area contributed by atoms with Crippen LogP contribution in [0.5, 0.6) is 0 Å². The molecule has 1 N–H and O–H groups in total. The molecule has 1 saturated heterocycles. The molecule has 7 nitrogen and oxygen atoms in total. The van der Waals surface area contributed by atoms with Crippen molar-refractivity contribution < 1.29 is 9.72 Å². The van der Waals surface area contributed by atoms with Gasteiger partial charge in [-0.2, -0.15) is 0 Å². The topological polar surface area (TPSA) is 88.4 Å². The van der Waals surface area contributed by atoms with Gasteiger partial charge >= 0.3 is 0 Å². The van der Waals surface area contributed by atoms with Gasteiger partial charge in [-0.05, 0) is 37.5 Å². The van der Waals surface area contributed by atoms with Crippen LogP contribution in [-0.4, -0.2) is 28.9 Å². The molecule has 2 heterocycles. The highest BCUT2D eigenvalue weighted by atomic mass is 32.1. The smallest absolute Gasteiger partial charge is 0.270 e. The standard InChI is InChI=1S/C21H20N4O3S/c26-20(23-16-6-4-5-15(13-16)21-22-9-12-29-21)18-14-17(25(27)28)7-8-19(18)24-10-2-1-3-11-24/h4-9,12-14H,1-3,10-11H2,(H,23,26). The monoisotopic (exact) mass is 408 g/mol. The molecule has 0 atom stereocenters. The number of anilines is 2. The Bertz CT molecular complexity index is 1030. The minimum atomic E-state index is -0.472. The molecular formula is C21H20N4O3S. The Kier molecular flexibility index (Phi) is 5.53. The lowest BCUT2D eigenvalue weighted by molar-refractivity contribution is -0.384. The fraction of sp³-hybridized carbons (Fsp3) is 0.238. The zero-order chi connectivity index (χ0) is 20.2. The van der Waals surface area contributed by atoms with Crippen LogP contribution < -0.4 is 10.2 Å². The molecule has 0 spiro atoms. The van der Waals surface area contributed by atoms with Crippen molar-refractivity contribution in [3.8, 4) is 10.6 Å². The number of hydrogen-bond donors (Lipinski definition) is 1. The van der Waals surface area contributed by atoms with Crippen LogP contribution in [-0.2, 0) is 0 Å². The molecule has 0 saturated carbocycles. The third-order valence-electron chi connectivity index (χ3n) is 4.93. The molecule has 0 radical (unpaired) electrons. The minimum Gasteiger partial charge on any atom is -0.371 e. The lowest BCUT2D eigenvalue weighted by atomic mass is 10.1. The molecule has 1 amide bonds. The van der Waals surface area contributed by atoms with E-state index in [1.165, 1.54) is 23.5 Å². The number of hydrogen-bond acceptors (Lipinski definition) is 6. The molecule has 29 heavy (non-hydrogen) atoms. The summed E-state index contributed by atoms with van der Waals surface area (Å²) in [4.78, 5) is 30.3. The Morgan fingerprint density at radius 1 is 1.14 bits per heavy atom. The van der Waals surface area contributed by atoms with E-state index in [1.54, 1.807) is 18.3 Å². The summed E-state index contributed by atoms with van der Waals surface area (Å²) in [6, 6.07) is 12.0. The van der Waals surface area contributed by atoms with Crippen LogP contribution in [0.1, 0.15) is 29.6 Å². The van der Waals surface area contributed by atoms with Gasteiger partial charge in [0.1, 0.15) is 5.01 Å². The van der Waals surface area contributed by atoms with Crippen molar-refractivity contribution in [1.29, 1.82) is 0 Å². The highest BCUT2D eigenvalue weighted by molar-refractivity contribution is 7.13. The summed E-state index contributed by atoms with van der Waals surface area (Å²) in [5.41, 5.74) is 2.50. The summed E-state index contributed by atoms with van der Waals surface area (Å²) in [6.45, 7) is 1.69. The number of non-ortho nitro benzene ring substituents is 1. The van der Waals surface area contributed by atoms with Crippen molar-refractivity contribution in [2.75, 3.05) is 23.3 Å². The van der Waals surface area contributed by atoms with Gasteiger partial charge in [0, 0.05) is 48.0 Å². The first-order valence-corrected chi connectivity index (χ1v) is 10.3. The van der Waals surface area contributed by atoms with Crippen molar-refractivity contribution in [1.82, 2.24) is 4.98 Å². The lowest BCUT2D eigenvalue weighted by Gasteiger charge is -2.30. The quantitative estimate of drug-likeness (QED) is 0.476. The maximum atomic E-state index is 13.1. The van der Waals surface area contributed by atoms with Crippen LogP contribution >= 0.6 is 11.3 Å². The van der Waals surface area contributed by atoms with E-state index in [0.29, 0.717) is 11.3 Å². The van der Waals surface area contributed by atoms with Crippen LogP contribution in [0.3, 0.4) is 0 Å². The fourth-order valence-corrected chi connectivity index (χ4v) is 4.16. The van der Waals surface area contributed by atoms with Gasteiger partial charge in [-0.3, -0.25) is 14.9 Å². The molecule has 1 aromatic heterocycles. The van der Waals surface area contributed by atoms with Crippen molar-refractivity contribution in [3.05, 3.63) is 69.7 Å². The number of benzene rings is 2. The van der Waals surface area contributed by atoms with Crippen LogP contribution in [0.4, 0.5) is 17.1 Å². The molecule has 1 aliphatic rings. The van der Waals surface area contributed by atoms with Crippen molar-refractivity contribution in [3.63, 3.8) is 0 Å². The van der Waals surface area contributed by atoms with E-state index in [0.717, 1.165) is 48.6 Å². The SMILES string of the molecule is O=C(Nc1cccc(-c2nccs2)c1)c1cc([N+](=O)[O-])ccc1N1CCCCC1. The summed E-state index contributed by atoms with van der Waals surface area (Å²) in [5.74, 6) is -0.356. The van der Waals surface area contributed by atoms with E-state index >= 15 is 0 Å². The Morgan fingerprint density at radius 3 is 2.69 bits per heavy atom. The largest absolute Gasteiger partial charge is 0.371 e. The highest BCUT2D eigenvalue weighted by Crippen LogP contribution is 2.30. The van der Waals surface area contributed by atoms with Gasteiger partial charge in [-0.25, -0.2) is 4.98 Å². The average molecular weight is 408 g/mol. The lowest BCUT2D eigenvalue weighted by Crippen LogP contribution is -2.31. The molecule has 8 heteroatoms. The Hall–Kier alpha value is -3.26. The average Bonchev–Trinajstić information content (AvgIpc) is 3.29. The Morgan fingerprint density at radius 2 is 1.97 bits per heavy atom. The van der Waals surface area contributed by atoms with Crippen molar-refractivity contribution in [2.45, 2.75) is 19.3 Å². The summed E-state index contributed by atoms with van der Waals surface area (Å²) in [5, 5.41) is 16.9. The molecule has 3 aromatic rings. The summed E-state index contributed by atoms with van der Waals surface area (Å²) in [7, 11) is 0. The van der Waals surface area contributed by atoms with Gasteiger partial charge in [0.25, 0.3) is 11.6 Å². The van der Waals surface area contributed by atoms with E-state index in [1.807, 2.05) is 23.6 Å². The van der Waals surface area contributed by atoms with Crippen molar-refractivity contribution in [2.24, 2.45) is 0 Å². The molecule has 0 unspecified atom stereocenters. The third kappa shape index (κ3) is 4.27. The molecule has 1 fully saturated rings. The van der Waals surface area contributed by atoms with E-state index in [2.05, 4.69) is 15.2 Å². The Balaban J connectivity index is 1.64. The number of nitro benzene ring substituents is 1. The number of aromatic nitrogens is 1. The Labute approximate surface area is 172 Å². The summed E-state index contributed by atoms with van der Waals surface area (Å²) in [6.07, 6.45) is 5.00. The van der Waals surface area contributed by atoms with Crippen LogP contribution in [0.2, 0.25) is 0 Å². The fourth-order valence-electron chi connectivity index (χ4n) is 3.52. The van der Waals surface area contributed by atoms with E-state index < -0.39 is 4.92 Å². The highest BCUT2D eigenvalue weighted by Gasteiger charge is 2.22. The first kappa shape index (κ1) is 19.1. The number of carbonyl (C=O) groups is 1. The number of amides is 1. The molecule has 0 bridgehead atoms. The van der Waals surface area contributed by atoms with Gasteiger partial charge in [0.05, 0.1) is 16.2 Å². The summed E-state index contributed by atoms with van der Waals surface area (Å²) >= 11 is 1.52. The number of nitrogens with zero attached hydrogens (tertiary/aromatic N) is 3. The van der Waals surface area contributed by atoms with Gasteiger partial charge < -0.3 is 10.2 Å². The first-order valence-electron chi connectivity index (χ1n) is 9.46. The third-order valence-corrected chi connectivity index (χ3v) is 5.75. The predicted octanol–water partition coefficient (Wildman–Crippen LogP) is 4.96. The zero-order valence-corrected chi connectivity index (χ0v) is 16.5. The van der Waals surface area contributed by atoms with Crippen LogP contribution in [0, 0.1) is 10.1 Å². The molecular weight excluding hydrogens is 388 g/mol. The zero-order valence-electron chi connectivity index (χ0n) is 15.7. The molecule has 0 aliphatic carbocycles. The number of rotatable bonds is 5. The number of nitro groups is 1. The first-order chi connectivity index (χ1) is 14.1. The second kappa shape index (κ2) is 8.40. The molecule has 1 aliphatic heterocycles. The van der Waals surface area contributed by atoms with E-state index in [-0.39, 0.29) is 11.6 Å². The van der Waals surface area contributed by atoms with Crippen LogP contribution in [0.25, 0.3) is 10.6 Å². The summed E-state index contributed by atoms with van der Waals surface area (Å²) < 4.78 is 0. The van der Waals surface area contributed by atoms with Gasteiger partial charge in [-0.1, -0.05) is 12.1 Å². The number of nitrogens with one attached hydrogen (secondary N) is 1. The van der Waals surface area contributed by atoms with Gasteiger partial charge in [0.15, 0.2) is 0 Å². The number of piperidine rings is 1. The van der Waals surface area contributed by atoms with Crippen molar-refractivity contribution >= 4 is 34.3 Å². The van der Waals surface area contributed by atoms with Crippen LogP contribution in [0.15, 0.2) is 54.0 Å². The second-order valence-electron chi connectivity index (χ2n) is 6.88. The molecule has 148 valence electrons. The van der Waals surface area contributed by atoms with Gasteiger partial charge in [0.2, 0.25) is 0 Å². The number of carbonyl (C=O) groups excluding carboxylic acids is 1. The van der Waals surface area contributed by atoms with Gasteiger partial charge in [-0.15, -0.1) is 11.3 Å². The maximum absolute atomic E-state index is 13.1. The maximum Gasteiger partial charge on any atom is 0.270 e. The second-order valence-corrected chi connectivity index (χ2v) is 7.77. The van der Waals surface area contributed by atoms with E-state index in [4.69, 9.17) is 0 Å². The molecule has 2 aromatic carbocycles. The number of thiazole rings is 1. The molecule has 4 rings (SSSR count). The normalized spacial score (nSPS) is 13.9. The minimum absolute atomic E-state index is 0.0903.